The molecule has 172 valence electrons. The van der Waals surface area contributed by atoms with Gasteiger partial charge >= 0.3 is 0 Å². The van der Waals surface area contributed by atoms with Crippen LogP contribution in [0.4, 0.5) is 11.4 Å². The second kappa shape index (κ2) is 13.8. The van der Waals surface area contributed by atoms with E-state index in [0.29, 0.717) is 48.8 Å². The fourth-order valence-corrected chi connectivity index (χ4v) is 2.79. The van der Waals surface area contributed by atoms with Crippen LogP contribution >= 0.6 is 0 Å². The van der Waals surface area contributed by atoms with E-state index in [9.17, 15) is 14.4 Å². The number of anilines is 2. The summed E-state index contributed by atoms with van der Waals surface area (Å²) in [5.41, 5.74) is 2.10. The average molecular weight is 443 g/mol. The summed E-state index contributed by atoms with van der Waals surface area (Å²) in [6.45, 7) is 1.93. The van der Waals surface area contributed by atoms with Crippen molar-refractivity contribution in [2.45, 2.75) is 6.42 Å². The van der Waals surface area contributed by atoms with E-state index < -0.39 is 0 Å². The third-order valence-electron chi connectivity index (χ3n) is 4.39. The molecule has 9 heteroatoms. The van der Waals surface area contributed by atoms with Crippen LogP contribution in [0.5, 0.6) is 0 Å². The molecule has 0 aliphatic carbocycles. The minimum absolute atomic E-state index is 0.00217. The van der Waals surface area contributed by atoms with Gasteiger partial charge in [0.1, 0.15) is 0 Å². The molecule has 32 heavy (non-hydrogen) atoms. The Morgan fingerprint density at radius 3 is 2.03 bits per heavy atom. The molecule has 0 bridgehead atoms. The Morgan fingerprint density at radius 2 is 1.38 bits per heavy atom. The molecule has 2 aromatic rings. The SMILES string of the molecule is COCCCNC(=O)c1cccc(NC(=O)CNc2cccc(C(=O)NCCOC)c2)c1. The molecule has 0 atom stereocenters. The van der Waals surface area contributed by atoms with Gasteiger partial charge in [-0.2, -0.15) is 0 Å². The van der Waals surface area contributed by atoms with E-state index in [1.54, 1.807) is 62.8 Å². The molecule has 0 spiro atoms. The highest BCUT2D eigenvalue weighted by atomic mass is 16.5. The third-order valence-corrected chi connectivity index (χ3v) is 4.39. The number of rotatable bonds is 13. The number of nitrogens with one attached hydrogen (secondary N) is 4. The number of amides is 3. The fraction of sp³-hybridized carbons (Fsp3) is 0.348. The average Bonchev–Trinajstić information content (AvgIpc) is 2.81. The Labute approximate surface area is 187 Å². The first-order valence-corrected chi connectivity index (χ1v) is 10.3. The summed E-state index contributed by atoms with van der Waals surface area (Å²) in [5, 5.41) is 11.3. The first-order chi connectivity index (χ1) is 15.5. The molecule has 0 saturated heterocycles. The maximum Gasteiger partial charge on any atom is 0.251 e. The quantitative estimate of drug-likeness (QED) is 0.352. The number of hydrogen-bond donors (Lipinski definition) is 4. The Bertz CT molecular complexity index is 903. The number of benzene rings is 2. The van der Waals surface area contributed by atoms with Crippen molar-refractivity contribution in [1.29, 1.82) is 0 Å². The molecule has 0 fully saturated rings. The van der Waals surface area contributed by atoms with Crippen LogP contribution in [-0.2, 0) is 14.3 Å². The van der Waals surface area contributed by atoms with Gasteiger partial charge in [-0.15, -0.1) is 0 Å². The second-order valence-electron chi connectivity index (χ2n) is 6.91. The molecule has 0 aliphatic heterocycles. The zero-order chi connectivity index (χ0) is 23.2. The van der Waals surface area contributed by atoms with Gasteiger partial charge in [-0.25, -0.2) is 0 Å². The lowest BCUT2D eigenvalue weighted by Crippen LogP contribution is -2.27. The third kappa shape index (κ3) is 8.75. The van der Waals surface area contributed by atoms with Crippen molar-refractivity contribution in [1.82, 2.24) is 10.6 Å². The van der Waals surface area contributed by atoms with Crippen LogP contribution < -0.4 is 21.3 Å². The summed E-state index contributed by atoms with van der Waals surface area (Å²) in [4.78, 5) is 36.7. The van der Waals surface area contributed by atoms with Crippen LogP contribution in [0.1, 0.15) is 27.1 Å². The zero-order valence-electron chi connectivity index (χ0n) is 18.4. The van der Waals surface area contributed by atoms with E-state index in [1.807, 2.05) is 0 Å². The zero-order valence-corrected chi connectivity index (χ0v) is 18.4. The Hall–Kier alpha value is -3.43. The van der Waals surface area contributed by atoms with Crippen LogP contribution in [0.2, 0.25) is 0 Å². The van der Waals surface area contributed by atoms with Crippen LogP contribution in [-0.4, -0.2) is 64.8 Å². The number of carbonyl (C=O) groups excluding carboxylic acids is 3. The Morgan fingerprint density at radius 1 is 0.781 bits per heavy atom. The fourth-order valence-electron chi connectivity index (χ4n) is 2.79. The van der Waals surface area contributed by atoms with Crippen molar-refractivity contribution in [2.75, 3.05) is 57.7 Å². The first-order valence-electron chi connectivity index (χ1n) is 10.3. The van der Waals surface area contributed by atoms with E-state index in [0.717, 1.165) is 6.42 Å². The van der Waals surface area contributed by atoms with Gasteiger partial charge in [0.05, 0.1) is 13.2 Å². The number of methoxy groups -OCH3 is 2. The summed E-state index contributed by atoms with van der Waals surface area (Å²) in [5.74, 6) is -0.707. The standard InChI is InChI=1S/C23H30N4O5/c1-31-12-5-10-24-22(29)18-7-4-9-20(15-18)27-21(28)16-26-19-8-3-6-17(14-19)23(30)25-11-13-32-2/h3-4,6-9,14-15,26H,5,10-13,16H2,1-2H3,(H,24,29)(H,25,30)(H,27,28). The largest absolute Gasteiger partial charge is 0.385 e. The second-order valence-corrected chi connectivity index (χ2v) is 6.91. The lowest BCUT2D eigenvalue weighted by molar-refractivity contribution is -0.114. The molecule has 0 heterocycles. The maximum atomic E-state index is 12.3. The summed E-state index contributed by atoms with van der Waals surface area (Å²) in [6.07, 6.45) is 0.723. The molecular weight excluding hydrogens is 412 g/mol. The van der Waals surface area contributed by atoms with Gasteiger partial charge in [0.2, 0.25) is 5.91 Å². The van der Waals surface area contributed by atoms with E-state index in [2.05, 4.69) is 21.3 Å². The van der Waals surface area contributed by atoms with Gasteiger partial charge in [-0.3, -0.25) is 14.4 Å². The predicted molar refractivity (Wildman–Crippen MR) is 123 cm³/mol. The van der Waals surface area contributed by atoms with Crippen molar-refractivity contribution in [3.63, 3.8) is 0 Å². The van der Waals surface area contributed by atoms with Crippen LogP contribution in [0.15, 0.2) is 48.5 Å². The summed E-state index contributed by atoms with van der Waals surface area (Å²) in [7, 11) is 3.18. The van der Waals surface area contributed by atoms with Crippen molar-refractivity contribution in [3.05, 3.63) is 59.7 Å². The van der Waals surface area contributed by atoms with Crippen LogP contribution in [0.25, 0.3) is 0 Å². The maximum absolute atomic E-state index is 12.3. The van der Waals surface area contributed by atoms with Gasteiger partial charge in [0.15, 0.2) is 0 Å². The lowest BCUT2D eigenvalue weighted by atomic mass is 10.2. The van der Waals surface area contributed by atoms with Crippen molar-refractivity contribution in [3.8, 4) is 0 Å². The molecule has 0 unspecified atom stereocenters. The first kappa shape index (κ1) is 24.8. The van der Waals surface area contributed by atoms with Gasteiger partial charge < -0.3 is 30.7 Å². The van der Waals surface area contributed by atoms with Crippen molar-refractivity contribution < 1.29 is 23.9 Å². The molecular formula is C23H30N4O5. The van der Waals surface area contributed by atoms with Gasteiger partial charge in [-0.05, 0) is 42.8 Å². The normalized spacial score (nSPS) is 10.3. The smallest absolute Gasteiger partial charge is 0.251 e. The molecule has 0 saturated carbocycles. The Balaban J connectivity index is 1.85. The Kier molecular flexibility index (Phi) is 10.7. The van der Waals surface area contributed by atoms with E-state index in [1.165, 1.54) is 0 Å². The molecule has 4 N–H and O–H groups in total. The highest BCUT2D eigenvalue weighted by Crippen LogP contribution is 2.12. The van der Waals surface area contributed by atoms with Crippen LogP contribution in [0.3, 0.4) is 0 Å². The highest BCUT2D eigenvalue weighted by molar-refractivity contribution is 5.98. The molecule has 3 amide bonds. The molecule has 0 aromatic heterocycles. The summed E-state index contributed by atoms with van der Waals surface area (Å²) in [6, 6.07) is 13.6. The van der Waals surface area contributed by atoms with Crippen molar-refractivity contribution >= 4 is 29.1 Å². The molecule has 2 rings (SSSR count). The molecule has 0 aliphatic rings. The van der Waals surface area contributed by atoms with Gasteiger partial charge in [0.25, 0.3) is 11.8 Å². The van der Waals surface area contributed by atoms with E-state index in [4.69, 9.17) is 9.47 Å². The number of ether oxygens (including phenoxy) is 2. The van der Waals surface area contributed by atoms with Crippen LogP contribution in [0, 0.1) is 0 Å². The van der Waals surface area contributed by atoms with E-state index in [-0.39, 0.29) is 24.3 Å². The minimum atomic E-state index is -0.280. The summed E-state index contributed by atoms with van der Waals surface area (Å²) < 4.78 is 9.87. The highest BCUT2D eigenvalue weighted by Gasteiger charge is 2.09. The number of carbonyl (C=O) groups is 3. The van der Waals surface area contributed by atoms with Gasteiger partial charge in [-0.1, -0.05) is 12.1 Å². The van der Waals surface area contributed by atoms with Crippen molar-refractivity contribution in [2.24, 2.45) is 0 Å². The predicted octanol–water partition coefficient (Wildman–Crippen LogP) is 1.88. The lowest BCUT2D eigenvalue weighted by Gasteiger charge is -2.11. The van der Waals surface area contributed by atoms with E-state index >= 15 is 0 Å². The molecule has 0 radical (unpaired) electrons. The monoisotopic (exact) mass is 442 g/mol. The minimum Gasteiger partial charge on any atom is -0.385 e. The topological polar surface area (TPSA) is 118 Å². The number of hydrogen-bond acceptors (Lipinski definition) is 6. The summed E-state index contributed by atoms with van der Waals surface area (Å²) >= 11 is 0. The van der Waals surface area contributed by atoms with Gasteiger partial charge in [0, 0.05) is 56.4 Å². The molecule has 9 nitrogen and oxygen atoms in total. The molecule has 2 aromatic carbocycles.